The molecule has 23 heavy (non-hydrogen) atoms. The molecule has 0 unspecified atom stereocenters. The van der Waals surface area contributed by atoms with Crippen LogP contribution in [0.15, 0.2) is 55.1 Å². The Hall–Kier alpha value is -2.88. The molecule has 2 aromatic rings. The maximum absolute atomic E-state index is 12.3. The lowest BCUT2D eigenvalue weighted by molar-refractivity contribution is -0.123. The van der Waals surface area contributed by atoms with Crippen LogP contribution in [-0.2, 0) is 17.8 Å². The molecule has 4 nitrogen and oxygen atoms in total. The molecule has 0 aromatic heterocycles. The number of rotatable bonds is 4. The standard InChI is InChI=1S/C19H17NO3/c1-3-18(21)20-12-17-14(5-4-6-16(17)19(20)22)11-13-7-9-15(23-2)10-8-13/h3-10H,1,11-12H2,2H3. The fourth-order valence-corrected chi connectivity index (χ4v) is 2.81. The molecule has 0 N–H and O–H groups in total. The van der Waals surface area contributed by atoms with Gasteiger partial charge in [0, 0.05) is 5.56 Å². The lowest BCUT2D eigenvalue weighted by Gasteiger charge is -2.11. The predicted molar refractivity (Wildman–Crippen MR) is 87.3 cm³/mol. The summed E-state index contributed by atoms with van der Waals surface area (Å²) in [6.07, 6.45) is 1.88. The van der Waals surface area contributed by atoms with E-state index >= 15 is 0 Å². The molecule has 0 bridgehead atoms. The highest BCUT2D eigenvalue weighted by atomic mass is 16.5. The number of methoxy groups -OCH3 is 1. The van der Waals surface area contributed by atoms with Crippen LogP contribution in [0, 0.1) is 0 Å². The Bertz CT molecular complexity index is 778. The van der Waals surface area contributed by atoms with E-state index in [0.717, 1.165) is 22.4 Å². The van der Waals surface area contributed by atoms with Gasteiger partial charge in [-0.25, -0.2) is 0 Å². The molecule has 0 radical (unpaired) electrons. The van der Waals surface area contributed by atoms with Gasteiger partial charge in [-0.05, 0) is 47.4 Å². The number of hydrogen-bond donors (Lipinski definition) is 0. The van der Waals surface area contributed by atoms with Crippen LogP contribution in [-0.4, -0.2) is 23.8 Å². The summed E-state index contributed by atoms with van der Waals surface area (Å²) in [5.41, 5.74) is 3.70. The molecule has 4 heteroatoms. The summed E-state index contributed by atoms with van der Waals surface area (Å²) in [7, 11) is 1.63. The van der Waals surface area contributed by atoms with Crippen LogP contribution in [0.5, 0.6) is 5.75 Å². The molecular formula is C19H17NO3. The smallest absolute Gasteiger partial charge is 0.261 e. The van der Waals surface area contributed by atoms with Gasteiger partial charge in [0.05, 0.1) is 13.7 Å². The second-order valence-corrected chi connectivity index (χ2v) is 5.40. The van der Waals surface area contributed by atoms with Gasteiger partial charge in [0.15, 0.2) is 0 Å². The molecule has 2 amide bonds. The topological polar surface area (TPSA) is 46.6 Å². The average molecular weight is 307 g/mol. The fourth-order valence-electron chi connectivity index (χ4n) is 2.81. The van der Waals surface area contributed by atoms with Crippen molar-refractivity contribution in [1.82, 2.24) is 4.90 Å². The van der Waals surface area contributed by atoms with Crippen molar-refractivity contribution in [3.63, 3.8) is 0 Å². The van der Waals surface area contributed by atoms with E-state index in [1.165, 1.54) is 11.0 Å². The van der Waals surface area contributed by atoms with E-state index in [-0.39, 0.29) is 11.8 Å². The summed E-state index contributed by atoms with van der Waals surface area (Å²) in [5, 5.41) is 0. The van der Waals surface area contributed by atoms with Gasteiger partial charge in [-0.15, -0.1) is 0 Å². The average Bonchev–Trinajstić information content (AvgIpc) is 2.93. The van der Waals surface area contributed by atoms with Crippen molar-refractivity contribution in [1.29, 1.82) is 0 Å². The summed E-state index contributed by atoms with van der Waals surface area (Å²) in [4.78, 5) is 25.4. The summed E-state index contributed by atoms with van der Waals surface area (Å²) < 4.78 is 5.16. The molecule has 0 aliphatic carbocycles. The lowest BCUT2D eigenvalue weighted by Crippen LogP contribution is -2.29. The van der Waals surface area contributed by atoms with Crippen molar-refractivity contribution in [2.24, 2.45) is 0 Å². The third-order valence-electron chi connectivity index (χ3n) is 4.06. The van der Waals surface area contributed by atoms with Gasteiger partial charge in [0.2, 0.25) is 0 Å². The van der Waals surface area contributed by atoms with Crippen LogP contribution in [0.25, 0.3) is 0 Å². The van der Waals surface area contributed by atoms with Crippen molar-refractivity contribution in [2.75, 3.05) is 7.11 Å². The van der Waals surface area contributed by atoms with Crippen LogP contribution in [0.3, 0.4) is 0 Å². The number of nitrogens with zero attached hydrogens (tertiary/aromatic N) is 1. The number of imide groups is 1. The maximum Gasteiger partial charge on any atom is 0.261 e. The van der Waals surface area contributed by atoms with Crippen LogP contribution in [0.4, 0.5) is 0 Å². The minimum Gasteiger partial charge on any atom is -0.497 e. The molecule has 0 atom stereocenters. The Morgan fingerprint density at radius 1 is 1.26 bits per heavy atom. The van der Waals surface area contributed by atoms with Crippen molar-refractivity contribution >= 4 is 11.8 Å². The second-order valence-electron chi connectivity index (χ2n) is 5.40. The Balaban J connectivity index is 1.90. The zero-order valence-electron chi connectivity index (χ0n) is 12.9. The van der Waals surface area contributed by atoms with Crippen LogP contribution in [0.2, 0.25) is 0 Å². The molecule has 1 aliphatic heterocycles. The summed E-state index contributed by atoms with van der Waals surface area (Å²) in [6.45, 7) is 3.76. The number of benzene rings is 2. The highest BCUT2D eigenvalue weighted by Crippen LogP contribution is 2.28. The minimum atomic E-state index is -0.360. The number of carbonyl (C=O) groups excluding carboxylic acids is 2. The molecule has 1 aliphatic rings. The minimum absolute atomic E-state index is 0.249. The SMILES string of the molecule is C=CC(=O)N1Cc2c(Cc3ccc(OC)cc3)cccc2C1=O. The van der Waals surface area contributed by atoms with E-state index in [1.54, 1.807) is 13.2 Å². The third-order valence-corrected chi connectivity index (χ3v) is 4.06. The number of fused-ring (bicyclic) bond motifs is 1. The number of carbonyl (C=O) groups is 2. The van der Waals surface area contributed by atoms with Gasteiger partial charge in [-0.2, -0.15) is 0 Å². The second kappa shape index (κ2) is 6.08. The highest BCUT2D eigenvalue weighted by molar-refractivity contribution is 6.10. The van der Waals surface area contributed by atoms with E-state index < -0.39 is 0 Å². The molecule has 2 aromatic carbocycles. The van der Waals surface area contributed by atoms with Gasteiger partial charge in [0.1, 0.15) is 5.75 Å². The van der Waals surface area contributed by atoms with E-state index in [2.05, 4.69) is 6.58 Å². The zero-order valence-corrected chi connectivity index (χ0v) is 12.9. The third kappa shape index (κ3) is 2.75. The summed E-state index contributed by atoms with van der Waals surface area (Å²) in [5.74, 6) is 0.202. The van der Waals surface area contributed by atoms with Gasteiger partial charge < -0.3 is 4.74 Å². The zero-order chi connectivity index (χ0) is 16.4. The molecule has 1 heterocycles. The molecular weight excluding hydrogens is 290 g/mol. The first-order valence-corrected chi connectivity index (χ1v) is 7.36. The molecule has 0 fully saturated rings. The van der Waals surface area contributed by atoms with Crippen molar-refractivity contribution < 1.29 is 14.3 Å². The van der Waals surface area contributed by atoms with E-state index in [4.69, 9.17) is 4.74 Å². The van der Waals surface area contributed by atoms with Crippen molar-refractivity contribution in [3.05, 3.63) is 77.4 Å². The van der Waals surface area contributed by atoms with Crippen molar-refractivity contribution in [2.45, 2.75) is 13.0 Å². The van der Waals surface area contributed by atoms with Crippen LogP contribution >= 0.6 is 0 Å². The van der Waals surface area contributed by atoms with Crippen molar-refractivity contribution in [3.8, 4) is 5.75 Å². The van der Waals surface area contributed by atoms with Crippen LogP contribution < -0.4 is 4.74 Å². The number of ether oxygens (including phenoxy) is 1. The summed E-state index contributed by atoms with van der Waals surface area (Å²) >= 11 is 0. The first-order valence-electron chi connectivity index (χ1n) is 7.36. The molecule has 116 valence electrons. The monoisotopic (exact) mass is 307 g/mol. The predicted octanol–water partition coefficient (Wildman–Crippen LogP) is 2.95. The first kappa shape index (κ1) is 15.0. The van der Waals surface area contributed by atoms with Gasteiger partial charge in [-0.1, -0.05) is 30.8 Å². The largest absolute Gasteiger partial charge is 0.497 e. The maximum atomic E-state index is 12.3. The highest BCUT2D eigenvalue weighted by Gasteiger charge is 2.32. The number of amides is 2. The normalized spacial score (nSPS) is 12.9. The molecule has 3 rings (SSSR count). The Morgan fingerprint density at radius 3 is 2.65 bits per heavy atom. The quantitative estimate of drug-likeness (QED) is 0.816. The Morgan fingerprint density at radius 2 is 2.00 bits per heavy atom. The fraction of sp³-hybridized carbons (Fsp3) is 0.158. The van der Waals surface area contributed by atoms with Gasteiger partial charge in [0.25, 0.3) is 11.8 Å². The molecule has 0 saturated carbocycles. The van der Waals surface area contributed by atoms with E-state index in [1.807, 2.05) is 36.4 Å². The number of hydrogen-bond acceptors (Lipinski definition) is 3. The lowest BCUT2D eigenvalue weighted by atomic mass is 9.97. The molecule has 0 spiro atoms. The summed E-state index contributed by atoms with van der Waals surface area (Å²) in [6, 6.07) is 13.5. The first-order chi connectivity index (χ1) is 11.1. The molecule has 0 saturated heterocycles. The van der Waals surface area contributed by atoms with Gasteiger partial charge in [-0.3, -0.25) is 14.5 Å². The Labute approximate surface area is 135 Å². The Kier molecular flexibility index (Phi) is 3.98. The van der Waals surface area contributed by atoms with Crippen LogP contribution in [0.1, 0.15) is 27.0 Å². The van der Waals surface area contributed by atoms with E-state index in [0.29, 0.717) is 18.5 Å². The van der Waals surface area contributed by atoms with E-state index in [9.17, 15) is 9.59 Å². The van der Waals surface area contributed by atoms with Gasteiger partial charge >= 0.3 is 0 Å².